The molecule has 0 bridgehead atoms. The largest absolute Gasteiger partial charge is 0.508 e. The Morgan fingerprint density at radius 2 is 2.00 bits per heavy atom. The number of nitrogens with one attached hydrogen (secondary N) is 1. The number of ether oxygens (including phenoxy) is 1. The number of aryl methyl sites for hydroxylation is 1. The number of phenols is 1. The van der Waals surface area contributed by atoms with Crippen molar-refractivity contribution in [3.8, 4) is 5.75 Å². The van der Waals surface area contributed by atoms with Crippen LogP contribution in [0.1, 0.15) is 35.5 Å². The molecular formula is C21H21NO7. The summed E-state index contributed by atoms with van der Waals surface area (Å²) in [7, 11) is 0. The molecule has 2 aromatic heterocycles. The first-order valence-corrected chi connectivity index (χ1v) is 9.04. The van der Waals surface area contributed by atoms with Crippen molar-refractivity contribution in [3.63, 3.8) is 0 Å². The fourth-order valence-corrected chi connectivity index (χ4v) is 2.89. The zero-order chi connectivity index (χ0) is 21.1. The topological polar surface area (TPSA) is 119 Å². The van der Waals surface area contributed by atoms with Gasteiger partial charge in [0.05, 0.1) is 6.26 Å². The van der Waals surface area contributed by atoms with Crippen molar-refractivity contribution in [2.24, 2.45) is 5.92 Å². The standard InChI is InChI=1S/C21H21NO7/c1-11(2)18(22-20(25)16-5-4-8-27-16)21(26)28-10-13-9-17(24)29-19-12(3)15(23)7-6-14(13)19/h4-9,11,18,23H,10H2,1-3H3,(H,22,25)/t18-/m0/s1. The van der Waals surface area contributed by atoms with Crippen LogP contribution < -0.4 is 10.9 Å². The molecule has 3 aromatic rings. The number of aromatic hydroxyl groups is 1. The van der Waals surface area contributed by atoms with Crippen LogP contribution in [0.5, 0.6) is 5.75 Å². The number of rotatable bonds is 6. The summed E-state index contributed by atoms with van der Waals surface area (Å²) in [5.74, 6) is -1.32. The van der Waals surface area contributed by atoms with Gasteiger partial charge >= 0.3 is 11.6 Å². The molecule has 0 radical (unpaired) electrons. The summed E-state index contributed by atoms with van der Waals surface area (Å²) in [6.45, 7) is 4.97. The van der Waals surface area contributed by atoms with Crippen molar-refractivity contribution in [2.45, 2.75) is 33.4 Å². The molecule has 29 heavy (non-hydrogen) atoms. The van der Waals surface area contributed by atoms with Crippen molar-refractivity contribution in [1.29, 1.82) is 0 Å². The average Bonchev–Trinajstić information content (AvgIpc) is 3.21. The van der Waals surface area contributed by atoms with Gasteiger partial charge < -0.3 is 24.0 Å². The summed E-state index contributed by atoms with van der Waals surface area (Å²) in [4.78, 5) is 36.7. The van der Waals surface area contributed by atoms with E-state index in [0.717, 1.165) is 0 Å². The van der Waals surface area contributed by atoms with Crippen LogP contribution in [-0.2, 0) is 16.1 Å². The lowest BCUT2D eigenvalue weighted by Crippen LogP contribution is -2.45. The smallest absolute Gasteiger partial charge is 0.336 e. The van der Waals surface area contributed by atoms with Crippen LogP contribution in [0.3, 0.4) is 0 Å². The highest BCUT2D eigenvalue weighted by Gasteiger charge is 2.27. The minimum Gasteiger partial charge on any atom is -0.508 e. The van der Waals surface area contributed by atoms with Gasteiger partial charge in [-0.3, -0.25) is 4.79 Å². The van der Waals surface area contributed by atoms with Crippen molar-refractivity contribution in [2.75, 3.05) is 0 Å². The monoisotopic (exact) mass is 399 g/mol. The summed E-state index contributed by atoms with van der Waals surface area (Å²) in [5, 5.41) is 13.0. The lowest BCUT2D eigenvalue weighted by molar-refractivity contribution is -0.148. The van der Waals surface area contributed by atoms with Gasteiger partial charge in [0.25, 0.3) is 5.91 Å². The number of hydrogen-bond acceptors (Lipinski definition) is 7. The summed E-state index contributed by atoms with van der Waals surface area (Å²) in [6, 6.07) is 6.46. The van der Waals surface area contributed by atoms with Gasteiger partial charge in [-0.1, -0.05) is 13.8 Å². The van der Waals surface area contributed by atoms with E-state index in [2.05, 4.69) is 5.32 Å². The Labute approximate surface area is 166 Å². The molecule has 0 aliphatic heterocycles. The third-order valence-corrected chi connectivity index (χ3v) is 4.54. The van der Waals surface area contributed by atoms with Crippen LogP contribution >= 0.6 is 0 Å². The number of benzene rings is 1. The van der Waals surface area contributed by atoms with Gasteiger partial charge in [-0.2, -0.15) is 0 Å². The van der Waals surface area contributed by atoms with Gasteiger partial charge in [0, 0.05) is 22.6 Å². The Bertz CT molecular complexity index is 1100. The number of fused-ring (bicyclic) bond motifs is 1. The molecule has 0 fully saturated rings. The number of carbonyl (C=O) groups excluding carboxylic acids is 2. The molecule has 2 heterocycles. The molecule has 0 saturated carbocycles. The Hall–Kier alpha value is -3.55. The van der Waals surface area contributed by atoms with E-state index in [-0.39, 0.29) is 29.6 Å². The quantitative estimate of drug-likeness (QED) is 0.483. The van der Waals surface area contributed by atoms with Crippen LogP contribution in [0.4, 0.5) is 0 Å². The molecule has 0 unspecified atom stereocenters. The van der Waals surface area contributed by atoms with E-state index in [1.807, 2.05) is 0 Å². The fourth-order valence-electron chi connectivity index (χ4n) is 2.89. The maximum absolute atomic E-state index is 12.6. The normalized spacial score (nSPS) is 12.1. The molecule has 0 spiro atoms. The van der Waals surface area contributed by atoms with E-state index in [1.165, 1.54) is 24.5 Å². The van der Waals surface area contributed by atoms with E-state index in [4.69, 9.17) is 13.6 Å². The molecule has 2 N–H and O–H groups in total. The van der Waals surface area contributed by atoms with Gasteiger partial charge in [-0.25, -0.2) is 9.59 Å². The maximum Gasteiger partial charge on any atom is 0.336 e. The second-order valence-electron chi connectivity index (χ2n) is 6.96. The lowest BCUT2D eigenvalue weighted by Gasteiger charge is -2.20. The molecule has 8 nitrogen and oxygen atoms in total. The average molecular weight is 399 g/mol. The minimum atomic E-state index is -0.898. The van der Waals surface area contributed by atoms with Crippen LogP contribution in [-0.4, -0.2) is 23.0 Å². The highest BCUT2D eigenvalue weighted by molar-refractivity contribution is 5.94. The summed E-state index contributed by atoms with van der Waals surface area (Å²) >= 11 is 0. The van der Waals surface area contributed by atoms with Crippen molar-refractivity contribution < 1.29 is 28.3 Å². The zero-order valence-electron chi connectivity index (χ0n) is 16.2. The number of esters is 1. The van der Waals surface area contributed by atoms with Crippen LogP contribution in [0.15, 0.2) is 50.2 Å². The summed E-state index contributed by atoms with van der Waals surface area (Å²) in [6.07, 6.45) is 1.36. The molecule has 1 atom stereocenters. The minimum absolute atomic E-state index is 0.00435. The molecule has 1 aromatic carbocycles. The van der Waals surface area contributed by atoms with E-state index in [0.29, 0.717) is 16.5 Å². The van der Waals surface area contributed by atoms with Gasteiger partial charge in [0.2, 0.25) is 0 Å². The number of hydrogen-bond donors (Lipinski definition) is 2. The number of amides is 1. The molecule has 0 saturated heterocycles. The Morgan fingerprint density at radius 3 is 2.66 bits per heavy atom. The first kappa shape index (κ1) is 20.2. The Morgan fingerprint density at radius 1 is 1.24 bits per heavy atom. The maximum atomic E-state index is 12.6. The van der Waals surface area contributed by atoms with Gasteiger partial charge in [-0.05, 0) is 37.1 Å². The molecule has 1 amide bonds. The lowest BCUT2D eigenvalue weighted by atomic mass is 10.0. The molecule has 152 valence electrons. The zero-order valence-corrected chi connectivity index (χ0v) is 16.2. The molecule has 3 rings (SSSR count). The second kappa shape index (κ2) is 8.22. The van der Waals surface area contributed by atoms with Gasteiger partial charge in [-0.15, -0.1) is 0 Å². The molecular weight excluding hydrogens is 378 g/mol. The van der Waals surface area contributed by atoms with Crippen LogP contribution in [0, 0.1) is 12.8 Å². The second-order valence-corrected chi connectivity index (χ2v) is 6.96. The Balaban J connectivity index is 1.79. The number of carbonyl (C=O) groups is 2. The van der Waals surface area contributed by atoms with Crippen LogP contribution in [0.2, 0.25) is 0 Å². The molecule has 8 heteroatoms. The van der Waals surface area contributed by atoms with Crippen molar-refractivity contribution >= 4 is 22.8 Å². The predicted molar refractivity (Wildman–Crippen MR) is 103 cm³/mol. The van der Waals surface area contributed by atoms with Gasteiger partial charge in [0.15, 0.2) is 5.76 Å². The molecule has 0 aliphatic carbocycles. The Kier molecular flexibility index (Phi) is 5.72. The molecule has 0 aliphatic rings. The number of phenolic OH excluding ortho intramolecular Hbond substituents is 1. The first-order valence-electron chi connectivity index (χ1n) is 9.04. The van der Waals surface area contributed by atoms with Crippen molar-refractivity contribution in [3.05, 3.63) is 63.9 Å². The predicted octanol–water partition coefficient (Wildman–Crippen LogP) is 2.90. The summed E-state index contributed by atoms with van der Waals surface area (Å²) < 4.78 is 15.6. The SMILES string of the molecule is Cc1c(O)ccc2c(COC(=O)[C@@H](NC(=O)c3ccco3)C(C)C)cc(=O)oc12. The fraction of sp³-hybridized carbons (Fsp3) is 0.286. The van der Waals surface area contributed by atoms with Gasteiger partial charge in [0.1, 0.15) is 24.0 Å². The third-order valence-electron chi connectivity index (χ3n) is 4.54. The van der Waals surface area contributed by atoms with E-state index in [1.54, 1.807) is 32.9 Å². The highest BCUT2D eigenvalue weighted by Crippen LogP contribution is 2.27. The highest BCUT2D eigenvalue weighted by atomic mass is 16.5. The van der Waals surface area contributed by atoms with E-state index >= 15 is 0 Å². The summed E-state index contributed by atoms with van der Waals surface area (Å²) in [5.41, 5.74) is 0.463. The first-order chi connectivity index (χ1) is 13.8. The van der Waals surface area contributed by atoms with E-state index in [9.17, 15) is 19.5 Å². The number of furan rings is 1. The van der Waals surface area contributed by atoms with E-state index < -0.39 is 23.5 Å². The third kappa shape index (κ3) is 4.31. The van der Waals surface area contributed by atoms with Crippen molar-refractivity contribution in [1.82, 2.24) is 5.32 Å². The van der Waals surface area contributed by atoms with Crippen LogP contribution in [0.25, 0.3) is 11.0 Å².